The van der Waals surface area contributed by atoms with Gasteiger partial charge >= 0.3 is 11.9 Å². The number of ether oxygens (including phenoxy) is 4. The Morgan fingerprint density at radius 2 is 1.70 bits per heavy atom. The average molecular weight is 744 g/mol. The standard InChI is InChI=1S/C36H40Cl2N4O7S/c1-40-14-15-41(2)25(19-40)22-48-36(44)34(23-8-6-5-7-9-23)39-18-26-11-13-33(50-26)35(43)49-31(17-27-28(37)20-42(45)21-29(27)38)24-10-12-30(46-3)32(16-24)47-4/h5-13,16,20-21,25,31,34,39H,14-15,17-19,22H2,1-4H3/t25-,31?,34?/m1/s1. The highest BCUT2D eigenvalue weighted by Crippen LogP contribution is 2.36. The second-order valence-corrected chi connectivity index (χ2v) is 14.0. The van der Waals surface area contributed by atoms with E-state index in [0.29, 0.717) is 38.8 Å². The van der Waals surface area contributed by atoms with Crippen LogP contribution in [0.2, 0.25) is 10.0 Å². The fourth-order valence-corrected chi connectivity index (χ4v) is 7.13. The molecule has 3 atom stereocenters. The van der Waals surface area contributed by atoms with E-state index >= 15 is 0 Å². The molecule has 2 unspecified atom stereocenters. The molecule has 3 heterocycles. The number of piperazine rings is 1. The molecule has 50 heavy (non-hydrogen) atoms. The van der Waals surface area contributed by atoms with Crippen LogP contribution in [-0.2, 0) is 27.2 Å². The van der Waals surface area contributed by atoms with E-state index in [0.717, 1.165) is 30.1 Å². The van der Waals surface area contributed by atoms with Crippen LogP contribution in [-0.4, -0.2) is 82.3 Å². The van der Waals surface area contributed by atoms with Gasteiger partial charge in [-0.3, -0.25) is 10.2 Å². The summed E-state index contributed by atoms with van der Waals surface area (Å²) >= 11 is 14.0. The largest absolute Gasteiger partial charge is 0.619 e. The van der Waals surface area contributed by atoms with Gasteiger partial charge in [0.05, 0.1) is 20.3 Å². The summed E-state index contributed by atoms with van der Waals surface area (Å²) in [6, 6.07) is 17.5. The lowest BCUT2D eigenvalue weighted by atomic mass is 10.0. The molecule has 0 bridgehead atoms. The van der Waals surface area contributed by atoms with Gasteiger partial charge in [0.15, 0.2) is 23.9 Å². The Morgan fingerprint density at radius 3 is 2.40 bits per heavy atom. The SMILES string of the molecule is COc1ccc(C(Cc2c(Cl)c[n+]([O-])cc2Cl)OC(=O)c2ccc(CNC(C(=O)OC[C@H]3CN(C)CCN3C)c3ccccc3)s2)cc1OC. The lowest BCUT2D eigenvalue weighted by Gasteiger charge is -2.37. The predicted molar refractivity (Wildman–Crippen MR) is 192 cm³/mol. The highest BCUT2D eigenvalue weighted by atomic mass is 35.5. The van der Waals surface area contributed by atoms with Crippen molar-refractivity contribution in [2.24, 2.45) is 0 Å². The van der Waals surface area contributed by atoms with E-state index in [9.17, 15) is 14.8 Å². The first-order valence-corrected chi connectivity index (χ1v) is 17.6. The molecule has 0 aliphatic carbocycles. The molecule has 0 radical (unpaired) electrons. The number of carbonyl (C=O) groups excluding carboxylic acids is 2. The Hall–Kier alpha value is -3.91. The number of hydrogen-bond donors (Lipinski definition) is 1. The number of hydrogen-bond acceptors (Lipinski definition) is 11. The average Bonchev–Trinajstić information content (AvgIpc) is 3.59. The molecule has 266 valence electrons. The number of nitrogens with one attached hydrogen (secondary N) is 1. The predicted octanol–water partition coefficient (Wildman–Crippen LogP) is 5.47. The maximum atomic E-state index is 13.6. The van der Waals surface area contributed by atoms with E-state index in [1.54, 1.807) is 24.3 Å². The van der Waals surface area contributed by atoms with Crippen LogP contribution in [0.25, 0.3) is 0 Å². The van der Waals surface area contributed by atoms with Gasteiger partial charge in [0.2, 0.25) is 0 Å². The quantitative estimate of drug-likeness (QED) is 0.101. The number of esters is 2. The van der Waals surface area contributed by atoms with E-state index in [-0.39, 0.29) is 35.1 Å². The molecule has 1 N–H and O–H groups in total. The molecule has 0 saturated carbocycles. The van der Waals surface area contributed by atoms with Crippen molar-refractivity contribution in [1.29, 1.82) is 0 Å². The van der Waals surface area contributed by atoms with Gasteiger partial charge in [-0.05, 0) is 49.5 Å². The van der Waals surface area contributed by atoms with Gasteiger partial charge in [-0.15, -0.1) is 11.3 Å². The molecule has 1 aliphatic heterocycles. The minimum atomic E-state index is -0.844. The molecular formula is C36H40Cl2N4O7S. The molecule has 1 aliphatic rings. The topological polar surface area (TPSA) is 117 Å². The maximum Gasteiger partial charge on any atom is 0.348 e. The van der Waals surface area contributed by atoms with Gasteiger partial charge in [-0.2, -0.15) is 4.73 Å². The van der Waals surface area contributed by atoms with Crippen molar-refractivity contribution >= 4 is 46.5 Å². The van der Waals surface area contributed by atoms with Crippen molar-refractivity contribution < 1.29 is 33.3 Å². The zero-order chi connectivity index (χ0) is 35.8. The van der Waals surface area contributed by atoms with Crippen LogP contribution >= 0.6 is 34.5 Å². The summed E-state index contributed by atoms with van der Waals surface area (Å²) < 4.78 is 23.3. The molecule has 1 saturated heterocycles. The van der Waals surface area contributed by atoms with Crippen molar-refractivity contribution in [3.05, 3.63) is 115 Å². The van der Waals surface area contributed by atoms with E-state index in [4.69, 9.17) is 42.1 Å². The van der Waals surface area contributed by atoms with E-state index < -0.39 is 18.1 Å². The number of nitrogens with zero attached hydrogens (tertiary/aromatic N) is 3. The summed E-state index contributed by atoms with van der Waals surface area (Å²) in [5, 5.41) is 15.5. The number of rotatable bonds is 14. The molecular weight excluding hydrogens is 703 g/mol. The third-order valence-electron chi connectivity index (χ3n) is 8.59. The van der Waals surface area contributed by atoms with Gasteiger partial charge in [-0.25, -0.2) is 9.59 Å². The molecule has 14 heteroatoms. The Labute approximate surface area is 305 Å². The highest BCUT2D eigenvalue weighted by Gasteiger charge is 2.28. The highest BCUT2D eigenvalue weighted by molar-refractivity contribution is 7.13. The first kappa shape index (κ1) is 37.3. The smallest absolute Gasteiger partial charge is 0.348 e. The lowest BCUT2D eigenvalue weighted by Crippen LogP contribution is -2.52. The number of carbonyl (C=O) groups is 2. The number of benzene rings is 2. The molecule has 0 spiro atoms. The first-order chi connectivity index (χ1) is 24.1. The fourth-order valence-electron chi connectivity index (χ4n) is 5.69. The Kier molecular flexibility index (Phi) is 13.0. The van der Waals surface area contributed by atoms with Crippen LogP contribution in [0, 0.1) is 5.21 Å². The molecule has 2 aromatic heterocycles. The minimum absolute atomic E-state index is 0.0906. The summed E-state index contributed by atoms with van der Waals surface area (Å²) in [6.45, 7) is 3.30. The van der Waals surface area contributed by atoms with Gasteiger partial charge in [0, 0.05) is 43.0 Å². The molecule has 0 amide bonds. The van der Waals surface area contributed by atoms with Crippen molar-refractivity contribution in [3.8, 4) is 11.5 Å². The number of likely N-dealkylation sites (N-methyl/N-ethyl adjacent to an activating group) is 2. The molecule has 5 rings (SSSR count). The Bertz CT molecular complexity index is 1750. The van der Waals surface area contributed by atoms with Gasteiger partial charge in [-0.1, -0.05) is 59.6 Å². The normalized spacial score (nSPS) is 16.4. The number of aromatic nitrogens is 1. The van der Waals surface area contributed by atoms with Crippen LogP contribution in [0.1, 0.15) is 43.4 Å². The summed E-state index contributed by atoms with van der Waals surface area (Å²) in [5.41, 5.74) is 1.84. The monoisotopic (exact) mass is 742 g/mol. The maximum absolute atomic E-state index is 13.6. The van der Waals surface area contributed by atoms with E-state index in [2.05, 4.69) is 22.2 Å². The number of thiophene rings is 1. The Morgan fingerprint density at radius 1 is 0.980 bits per heavy atom. The second-order valence-electron chi connectivity index (χ2n) is 12.0. The second kappa shape index (κ2) is 17.3. The Balaban J connectivity index is 1.30. The summed E-state index contributed by atoms with van der Waals surface area (Å²) in [6.07, 6.45) is 1.64. The van der Waals surface area contributed by atoms with E-state index in [1.807, 2.05) is 43.4 Å². The number of methoxy groups -OCH3 is 2. The van der Waals surface area contributed by atoms with Crippen molar-refractivity contribution in [1.82, 2.24) is 15.1 Å². The summed E-state index contributed by atoms with van der Waals surface area (Å²) in [4.78, 5) is 32.6. The fraction of sp³-hybridized carbons (Fsp3) is 0.361. The van der Waals surface area contributed by atoms with Gasteiger partial charge in [0.1, 0.15) is 33.7 Å². The lowest BCUT2D eigenvalue weighted by molar-refractivity contribution is -0.605. The first-order valence-electron chi connectivity index (χ1n) is 16.0. The van der Waals surface area contributed by atoms with Crippen molar-refractivity contribution in [2.75, 3.05) is 54.6 Å². The van der Waals surface area contributed by atoms with Crippen LogP contribution in [0.5, 0.6) is 11.5 Å². The molecule has 11 nitrogen and oxygen atoms in total. The summed E-state index contributed by atoms with van der Waals surface area (Å²) in [7, 11) is 7.15. The molecule has 1 fully saturated rings. The molecule has 2 aromatic carbocycles. The summed E-state index contributed by atoms with van der Waals surface area (Å²) in [5.74, 6) is 0.0190. The minimum Gasteiger partial charge on any atom is -0.619 e. The van der Waals surface area contributed by atoms with Crippen molar-refractivity contribution in [2.45, 2.75) is 31.2 Å². The zero-order valence-electron chi connectivity index (χ0n) is 28.3. The van der Waals surface area contributed by atoms with Crippen LogP contribution < -0.4 is 19.5 Å². The van der Waals surface area contributed by atoms with Crippen LogP contribution in [0.4, 0.5) is 0 Å². The van der Waals surface area contributed by atoms with E-state index in [1.165, 1.54) is 38.0 Å². The molecule has 4 aromatic rings. The number of halogens is 2. The van der Waals surface area contributed by atoms with Gasteiger partial charge in [0.25, 0.3) is 0 Å². The zero-order valence-corrected chi connectivity index (χ0v) is 30.6. The third-order valence-corrected chi connectivity index (χ3v) is 10.3. The van der Waals surface area contributed by atoms with Gasteiger partial charge < -0.3 is 29.1 Å². The van der Waals surface area contributed by atoms with Crippen molar-refractivity contribution in [3.63, 3.8) is 0 Å². The van der Waals surface area contributed by atoms with Crippen LogP contribution in [0.15, 0.2) is 73.1 Å². The van der Waals surface area contributed by atoms with Crippen LogP contribution in [0.3, 0.4) is 0 Å². The number of pyridine rings is 1. The third kappa shape index (κ3) is 9.45.